The van der Waals surface area contributed by atoms with E-state index in [4.69, 9.17) is 5.11 Å². The smallest absolute Gasteiger partial charge is 0.221 e. The van der Waals surface area contributed by atoms with Crippen molar-refractivity contribution in [2.75, 3.05) is 5.32 Å². The van der Waals surface area contributed by atoms with Gasteiger partial charge in [0.15, 0.2) is 0 Å². The summed E-state index contributed by atoms with van der Waals surface area (Å²) in [5.74, 6) is -0.103. The molecule has 0 aliphatic rings. The van der Waals surface area contributed by atoms with E-state index in [1.807, 2.05) is 0 Å². The first-order valence-corrected chi connectivity index (χ1v) is 3.26. The lowest BCUT2D eigenvalue weighted by Gasteiger charge is -2.02. The summed E-state index contributed by atoms with van der Waals surface area (Å²) in [5, 5.41) is 11.6. The zero-order valence-corrected chi connectivity index (χ0v) is 6.16. The first-order valence-electron chi connectivity index (χ1n) is 3.26. The van der Waals surface area contributed by atoms with Crippen molar-refractivity contribution in [3.8, 4) is 5.75 Å². The summed E-state index contributed by atoms with van der Waals surface area (Å²) < 4.78 is 0. The lowest BCUT2D eigenvalue weighted by atomic mass is 10.5. The van der Waals surface area contributed by atoms with Crippen molar-refractivity contribution in [2.45, 2.75) is 6.92 Å². The number of anilines is 1. The molecule has 11 heavy (non-hydrogen) atoms. The van der Waals surface area contributed by atoms with Crippen molar-refractivity contribution < 1.29 is 9.90 Å². The third-order valence-electron chi connectivity index (χ3n) is 1.21. The second-order valence-corrected chi connectivity index (χ2v) is 2.20. The quantitative estimate of drug-likeness (QED) is 0.473. The van der Waals surface area contributed by atoms with E-state index < -0.39 is 0 Å². The van der Waals surface area contributed by atoms with Gasteiger partial charge < -0.3 is 10.4 Å². The van der Waals surface area contributed by atoms with Crippen LogP contribution in [0.5, 0.6) is 5.75 Å². The van der Waals surface area contributed by atoms with E-state index in [0.29, 0.717) is 5.69 Å². The van der Waals surface area contributed by atoms with E-state index in [0.717, 1.165) is 0 Å². The molecule has 0 atom stereocenters. The van der Waals surface area contributed by atoms with Crippen molar-refractivity contribution in [3.05, 3.63) is 24.3 Å². The highest BCUT2D eigenvalue weighted by molar-refractivity contribution is 5.90. The van der Waals surface area contributed by atoms with Gasteiger partial charge in [-0.05, 0) is 12.1 Å². The summed E-state index contributed by atoms with van der Waals surface area (Å²) in [5.41, 5.74) is 0.444. The van der Waals surface area contributed by atoms with E-state index in [9.17, 15) is 4.79 Å². The molecule has 2 N–H and O–H groups in total. The maximum absolute atomic E-state index is 10.5. The standard InChI is InChI=1S/C8H9NO2/c1-6(10)9-7-4-2-3-5-8(7)11/h2-5,11H,1H3,(H,9,10)/i7+1,8+1,9+1. The predicted molar refractivity (Wildman–Crippen MR) is 42.4 cm³/mol. The van der Waals surface area contributed by atoms with Gasteiger partial charge in [0.25, 0.3) is 0 Å². The first kappa shape index (κ1) is 7.60. The number of hydrogen-bond acceptors (Lipinski definition) is 2. The van der Waals surface area contributed by atoms with Crippen LogP contribution in [-0.4, -0.2) is 11.0 Å². The minimum atomic E-state index is -0.188. The Kier molecular flexibility index (Phi) is 2.11. The van der Waals surface area contributed by atoms with Gasteiger partial charge in [-0.25, -0.2) is 0 Å². The Bertz CT molecular complexity index is 271. The Labute approximate surface area is 64.7 Å². The summed E-state index contributed by atoms with van der Waals surface area (Å²) >= 11 is 0. The summed E-state index contributed by atoms with van der Waals surface area (Å²) in [7, 11) is 0. The lowest BCUT2D eigenvalue weighted by Crippen LogP contribution is -2.05. The van der Waals surface area contributed by atoms with Gasteiger partial charge in [0, 0.05) is 6.92 Å². The number of para-hydroxylation sites is 2. The second kappa shape index (κ2) is 3.05. The normalized spacial score (nSPS) is 9.18. The molecular formula is C8H9NO2. The molecule has 1 amide bonds. The van der Waals surface area contributed by atoms with Gasteiger partial charge >= 0.3 is 0 Å². The molecule has 0 bridgehead atoms. The highest BCUT2D eigenvalue weighted by Crippen LogP contribution is 2.20. The van der Waals surface area contributed by atoms with Crippen LogP contribution in [0.15, 0.2) is 24.3 Å². The fourth-order valence-electron chi connectivity index (χ4n) is 0.769. The van der Waals surface area contributed by atoms with E-state index in [-0.39, 0.29) is 11.7 Å². The highest BCUT2D eigenvalue weighted by atomic mass is 16.3. The van der Waals surface area contributed by atoms with Crippen molar-refractivity contribution in [3.63, 3.8) is 0 Å². The summed E-state index contributed by atoms with van der Waals surface area (Å²) in [6.07, 6.45) is 0. The van der Waals surface area contributed by atoms with Crippen LogP contribution in [0, 0.1) is 0 Å². The van der Waals surface area contributed by atoms with E-state index in [1.54, 1.807) is 18.2 Å². The highest BCUT2D eigenvalue weighted by Gasteiger charge is 1.98. The maximum atomic E-state index is 10.5. The van der Waals surface area contributed by atoms with Crippen molar-refractivity contribution in [1.29, 1.82) is 0 Å². The molecule has 0 unspecified atom stereocenters. The minimum absolute atomic E-state index is 0.0858. The second-order valence-electron chi connectivity index (χ2n) is 2.20. The van der Waals surface area contributed by atoms with Crippen LogP contribution >= 0.6 is 0 Å². The molecule has 0 aliphatic heterocycles. The Hall–Kier alpha value is -1.51. The molecule has 1 aromatic rings. The number of phenolic OH excluding ortho intramolecular Hbond substituents is 1. The third-order valence-corrected chi connectivity index (χ3v) is 1.21. The Balaban J connectivity index is 2.86. The van der Waals surface area contributed by atoms with Gasteiger partial charge in [-0.15, -0.1) is 0 Å². The molecule has 0 saturated carbocycles. The first-order chi connectivity index (χ1) is 5.20. The molecule has 0 aliphatic carbocycles. The number of amides is 1. The number of nitrogens with one attached hydrogen (secondary N) is 1. The number of carbonyl (C=O) groups excluding carboxylic acids is 1. The number of benzene rings is 1. The molecule has 0 heterocycles. The molecule has 3 nitrogen and oxygen atoms in total. The zero-order valence-electron chi connectivity index (χ0n) is 6.16. The molecular weight excluding hydrogens is 145 g/mol. The van der Waals surface area contributed by atoms with Gasteiger partial charge in [-0.1, -0.05) is 12.1 Å². The monoisotopic (exact) mass is 154 g/mol. The fourth-order valence-corrected chi connectivity index (χ4v) is 0.769. The van der Waals surface area contributed by atoms with Crippen LogP contribution in [0.25, 0.3) is 0 Å². The summed E-state index contributed by atoms with van der Waals surface area (Å²) in [6, 6.07) is 6.59. The molecule has 1 rings (SSSR count). The van der Waals surface area contributed by atoms with E-state index in [1.165, 1.54) is 13.0 Å². The zero-order chi connectivity index (χ0) is 8.27. The van der Waals surface area contributed by atoms with E-state index >= 15 is 0 Å². The van der Waals surface area contributed by atoms with Gasteiger partial charge in [-0.2, -0.15) is 0 Å². The van der Waals surface area contributed by atoms with Crippen LogP contribution in [-0.2, 0) is 4.79 Å². The largest absolute Gasteiger partial charge is 0.506 e. The lowest BCUT2D eigenvalue weighted by molar-refractivity contribution is -0.114. The molecule has 1 aromatic carbocycles. The Morgan fingerprint density at radius 1 is 1.45 bits per heavy atom. The van der Waals surface area contributed by atoms with Crippen LogP contribution in [0.1, 0.15) is 6.92 Å². The van der Waals surface area contributed by atoms with Crippen LogP contribution in [0.2, 0.25) is 0 Å². The topological polar surface area (TPSA) is 49.3 Å². The number of hydrogen-bond donors (Lipinski definition) is 2. The number of aromatic hydroxyl groups is 1. The van der Waals surface area contributed by atoms with Gasteiger partial charge in [-0.3, -0.25) is 4.79 Å². The van der Waals surface area contributed by atoms with Gasteiger partial charge in [0.1, 0.15) is 5.75 Å². The molecule has 58 valence electrons. The summed E-state index contributed by atoms with van der Waals surface area (Å²) in [4.78, 5) is 10.5. The van der Waals surface area contributed by atoms with Crippen LogP contribution in [0.3, 0.4) is 0 Å². The molecule has 0 fully saturated rings. The molecule has 3 heteroatoms. The SMILES string of the molecule is CC(=O)[15NH][13c]1cccc[13c]1O. The van der Waals surface area contributed by atoms with E-state index in [2.05, 4.69) is 5.32 Å². The predicted octanol–water partition coefficient (Wildman–Crippen LogP) is 1.35. The van der Waals surface area contributed by atoms with Crippen molar-refractivity contribution in [1.82, 2.24) is 0 Å². The molecule has 0 radical (unpaired) electrons. The molecule has 0 saturated heterocycles. The minimum Gasteiger partial charge on any atom is -0.506 e. The summed E-state index contributed by atoms with van der Waals surface area (Å²) in [6.45, 7) is 1.40. The average molecular weight is 154 g/mol. The molecule has 0 spiro atoms. The fraction of sp³-hybridized carbons (Fsp3) is 0.125. The number of carbonyl (C=O) groups is 1. The Morgan fingerprint density at radius 2 is 2.09 bits per heavy atom. The van der Waals surface area contributed by atoms with Gasteiger partial charge in [0.05, 0.1) is 5.69 Å². The van der Waals surface area contributed by atoms with Crippen molar-refractivity contribution >= 4 is 11.6 Å². The Morgan fingerprint density at radius 3 is 2.64 bits per heavy atom. The number of phenols is 1. The van der Waals surface area contributed by atoms with Crippen LogP contribution in [0.4, 0.5) is 5.69 Å². The molecule has 0 aromatic heterocycles. The van der Waals surface area contributed by atoms with Crippen LogP contribution < -0.4 is 5.32 Å². The third kappa shape index (κ3) is 1.97. The maximum Gasteiger partial charge on any atom is 0.221 e. The van der Waals surface area contributed by atoms with Crippen molar-refractivity contribution in [2.24, 2.45) is 0 Å². The average Bonchev–Trinajstić information content (AvgIpc) is 1.93. The number of rotatable bonds is 1. The van der Waals surface area contributed by atoms with Gasteiger partial charge in [0.2, 0.25) is 5.91 Å².